The lowest BCUT2D eigenvalue weighted by Gasteiger charge is -2.36. The second-order valence-electron chi connectivity index (χ2n) is 8.83. The molecule has 0 bridgehead atoms. The van der Waals surface area contributed by atoms with E-state index in [0.29, 0.717) is 26.1 Å². The zero-order valence-corrected chi connectivity index (χ0v) is 18.8. The lowest BCUT2D eigenvalue weighted by atomic mass is 10.1. The van der Waals surface area contributed by atoms with Crippen LogP contribution in [0, 0.1) is 12.8 Å². The van der Waals surface area contributed by atoms with Gasteiger partial charge in [-0.15, -0.1) is 0 Å². The maximum atomic E-state index is 13.1. The number of nitrogens with zero attached hydrogens (tertiary/aromatic N) is 6. The average Bonchev–Trinajstić information content (AvgIpc) is 3.13. The highest BCUT2D eigenvalue weighted by Crippen LogP contribution is 2.24. The zero-order valence-electron chi connectivity index (χ0n) is 18.8. The van der Waals surface area contributed by atoms with Gasteiger partial charge < -0.3 is 19.6 Å². The van der Waals surface area contributed by atoms with Crippen LogP contribution >= 0.6 is 0 Å². The quantitative estimate of drug-likeness (QED) is 0.698. The summed E-state index contributed by atoms with van der Waals surface area (Å²) in [5, 5.41) is 0. The highest BCUT2D eigenvalue weighted by atomic mass is 16.2. The molecule has 2 amide bonds. The second-order valence-corrected chi connectivity index (χ2v) is 8.83. The third-order valence-electron chi connectivity index (χ3n) is 6.21. The third-order valence-corrected chi connectivity index (χ3v) is 6.21. The number of anilines is 1. The number of rotatable bonds is 6. The molecule has 0 spiro atoms. The molecule has 2 fully saturated rings. The lowest BCUT2D eigenvalue weighted by molar-refractivity contribution is -0.136. The number of carbonyl (C=O) groups excluding carboxylic acids is 2. The number of aromatic nitrogens is 2. The predicted molar refractivity (Wildman–Crippen MR) is 121 cm³/mol. The molecule has 8 nitrogen and oxygen atoms in total. The van der Waals surface area contributed by atoms with Crippen LogP contribution in [0.15, 0.2) is 24.3 Å². The topological polar surface area (TPSA) is 72.9 Å². The predicted octanol–water partition coefficient (Wildman–Crippen LogP) is 1.39. The van der Waals surface area contributed by atoms with E-state index in [1.54, 1.807) is 0 Å². The number of para-hydroxylation sites is 2. The van der Waals surface area contributed by atoms with E-state index in [9.17, 15) is 9.59 Å². The van der Waals surface area contributed by atoms with Crippen molar-refractivity contribution in [3.63, 3.8) is 0 Å². The molecule has 2 aliphatic heterocycles. The molecule has 8 heteroatoms. The van der Waals surface area contributed by atoms with E-state index in [0.717, 1.165) is 55.1 Å². The summed E-state index contributed by atoms with van der Waals surface area (Å²) in [6.45, 7) is 6.98. The van der Waals surface area contributed by atoms with Crippen molar-refractivity contribution in [3.8, 4) is 0 Å². The molecule has 1 atom stereocenters. The van der Waals surface area contributed by atoms with Gasteiger partial charge in [-0.05, 0) is 46.1 Å². The molecule has 2 aromatic rings. The molecule has 0 aliphatic carbocycles. The van der Waals surface area contributed by atoms with Gasteiger partial charge in [0.15, 0.2) is 5.82 Å². The molecular weight excluding hydrogens is 392 g/mol. The highest BCUT2D eigenvalue weighted by molar-refractivity contribution is 5.89. The number of aryl methyl sites for hydroxylation is 1. The summed E-state index contributed by atoms with van der Waals surface area (Å²) in [5.41, 5.74) is 2.70. The minimum Gasteiger partial charge on any atom is -0.352 e. The van der Waals surface area contributed by atoms with Crippen LogP contribution in [0.4, 0.5) is 5.82 Å². The molecule has 1 aromatic carbocycles. The number of carbonyl (C=O) groups is 2. The summed E-state index contributed by atoms with van der Waals surface area (Å²) in [5.74, 6) is 0.914. The molecule has 166 valence electrons. The van der Waals surface area contributed by atoms with Crippen LogP contribution in [-0.4, -0.2) is 96.4 Å². The smallest absolute Gasteiger partial charge is 0.228 e. The number of likely N-dealkylation sites (tertiary alicyclic amines) is 1. The van der Waals surface area contributed by atoms with E-state index in [-0.39, 0.29) is 17.7 Å². The summed E-state index contributed by atoms with van der Waals surface area (Å²) in [6.07, 6.45) is 1.28. The van der Waals surface area contributed by atoms with E-state index >= 15 is 0 Å². The molecule has 0 saturated carbocycles. The zero-order chi connectivity index (χ0) is 22.0. The van der Waals surface area contributed by atoms with E-state index in [1.807, 2.05) is 55.1 Å². The first-order valence-corrected chi connectivity index (χ1v) is 11.1. The van der Waals surface area contributed by atoms with Crippen LogP contribution in [0.3, 0.4) is 0 Å². The van der Waals surface area contributed by atoms with Crippen molar-refractivity contribution in [3.05, 3.63) is 30.0 Å². The first-order valence-electron chi connectivity index (χ1n) is 11.1. The van der Waals surface area contributed by atoms with Crippen LogP contribution in [0.2, 0.25) is 0 Å². The Labute approximate surface area is 183 Å². The largest absolute Gasteiger partial charge is 0.352 e. The molecule has 3 heterocycles. The Bertz CT molecular complexity index is 954. The average molecular weight is 425 g/mol. The fourth-order valence-corrected chi connectivity index (χ4v) is 4.51. The van der Waals surface area contributed by atoms with Gasteiger partial charge in [0.2, 0.25) is 11.8 Å². The summed E-state index contributed by atoms with van der Waals surface area (Å²) in [4.78, 5) is 43.0. The third kappa shape index (κ3) is 4.79. The second kappa shape index (κ2) is 9.18. The fourth-order valence-electron chi connectivity index (χ4n) is 4.51. The SMILES string of the molecule is Cc1nc2ccccc2nc1N1CCN(C(=O)C2CC(=O)N(CCCN(C)C)C2)CC1. The Morgan fingerprint density at radius 2 is 1.77 bits per heavy atom. The van der Waals surface area contributed by atoms with Crippen molar-refractivity contribution in [2.75, 3.05) is 64.8 Å². The molecule has 1 aromatic heterocycles. The van der Waals surface area contributed by atoms with E-state index in [4.69, 9.17) is 4.98 Å². The standard InChI is InChI=1S/C23H32N6O2/c1-17-22(25-20-8-5-4-7-19(20)24-17)27-11-13-28(14-12-27)23(31)18-15-21(30)29(16-18)10-6-9-26(2)3/h4-5,7-8,18H,6,9-16H2,1-3H3. The first kappa shape index (κ1) is 21.5. The number of hydrogen-bond acceptors (Lipinski definition) is 6. The number of fused-ring (bicyclic) bond motifs is 1. The molecule has 1 unspecified atom stereocenters. The van der Waals surface area contributed by atoms with Crippen LogP contribution in [0.25, 0.3) is 11.0 Å². The number of hydrogen-bond donors (Lipinski definition) is 0. The number of amides is 2. The van der Waals surface area contributed by atoms with Crippen LogP contribution in [0.1, 0.15) is 18.5 Å². The Kier molecular flexibility index (Phi) is 6.36. The van der Waals surface area contributed by atoms with Crippen molar-refractivity contribution in [1.82, 2.24) is 24.7 Å². The van der Waals surface area contributed by atoms with Crippen molar-refractivity contribution in [2.45, 2.75) is 19.8 Å². The van der Waals surface area contributed by atoms with Gasteiger partial charge in [-0.3, -0.25) is 9.59 Å². The number of benzene rings is 1. The Hall–Kier alpha value is -2.74. The van der Waals surface area contributed by atoms with Gasteiger partial charge in [0.1, 0.15) is 0 Å². The van der Waals surface area contributed by atoms with E-state index < -0.39 is 0 Å². The first-order chi connectivity index (χ1) is 14.9. The maximum Gasteiger partial charge on any atom is 0.228 e. The molecule has 0 radical (unpaired) electrons. The molecule has 2 saturated heterocycles. The lowest BCUT2D eigenvalue weighted by Crippen LogP contribution is -2.51. The Morgan fingerprint density at radius 1 is 1.10 bits per heavy atom. The summed E-state index contributed by atoms with van der Waals surface area (Å²) in [7, 11) is 4.06. The Balaban J connectivity index is 1.33. The van der Waals surface area contributed by atoms with Crippen molar-refractivity contribution >= 4 is 28.7 Å². The Morgan fingerprint density at radius 3 is 2.45 bits per heavy atom. The van der Waals surface area contributed by atoms with Crippen molar-refractivity contribution < 1.29 is 9.59 Å². The van der Waals surface area contributed by atoms with Gasteiger partial charge in [0, 0.05) is 45.7 Å². The maximum absolute atomic E-state index is 13.1. The molecular formula is C23H32N6O2. The van der Waals surface area contributed by atoms with Gasteiger partial charge in [0.25, 0.3) is 0 Å². The van der Waals surface area contributed by atoms with Gasteiger partial charge >= 0.3 is 0 Å². The van der Waals surface area contributed by atoms with Gasteiger partial charge in [-0.2, -0.15) is 0 Å². The normalized spacial score (nSPS) is 19.7. The van der Waals surface area contributed by atoms with Crippen molar-refractivity contribution in [2.24, 2.45) is 5.92 Å². The highest BCUT2D eigenvalue weighted by Gasteiger charge is 2.37. The van der Waals surface area contributed by atoms with Crippen LogP contribution in [0.5, 0.6) is 0 Å². The molecule has 31 heavy (non-hydrogen) atoms. The monoisotopic (exact) mass is 424 g/mol. The van der Waals surface area contributed by atoms with Crippen molar-refractivity contribution in [1.29, 1.82) is 0 Å². The van der Waals surface area contributed by atoms with Crippen LogP contribution in [-0.2, 0) is 9.59 Å². The minimum atomic E-state index is -0.208. The van der Waals surface area contributed by atoms with Gasteiger partial charge in [-0.25, -0.2) is 9.97 Å². The van der Waals surface area contributed by atoms with E-state index in [2.05, 4.69) is 14.8 Å². The minimum absolute atomic E-state index is 0.109. The van der Waals surface area contributed by atoms with Crippen LogP contribution < -0.4 is 4.90 Å². The van der Waals surface area contributed by atoms with Gasteiger partial charge in [-0.1, -0.05) is 12.1 Å². The fraction of sp³-hybridized carbons (Fsp3) is 0.565. The summed E-state index contributed by atoms with van der Waals surface area (Å²) in [6, 6.07) is 7.89. The van der Waals surface area contributed by atoms with Gasteiger partial charge in [0.05, 0.1) is 22.6 Å². The molecule has 0 N–H and O–H groups in total. The summed E-state index contributed by atoms with van der Waals surface area (Å²) >= 11 is 0. The number of piperazine rings is 1. The van der Waals surface area contributed by atoms with E-state index in [1.165, 1.54) is 0 Å². The molecule has 2 aliphatic rings. The molecule has 4 rings (SSSR count). The summed E-state index contributed by atoms with van der Waals surface area (Å²) < 4.78 is 0.